The number of rotatable bonds is 3. The van der Waals surface area contributed by atoms with Gasteiger partial charge in [0.25, 0.3) is 5.91 Å². The summed E-state index contributed by atoms with van der Waals surface area (Å²) < 4.78 is 13.7. The first-order valence-corrected chi connectivity index (χ1v) is 6.53. The summed E-state index contributed by atoms with van der Waals surface area (Å²) in [4.78, 5) is 24.5. The molecule has 20 heavy (non-hydrogen) atoms. The van der Waals surface area contributed by atoms with Gasteiger partial charge in [-0.2, -0.15) is 0 Å². The number of carbonyl (C=O) groups is 2. The summed E-state index contributed by atoms with van der Waals surface area (Å²) in [5, 5.41) is 8.80. The van der Waals surface area contributed by atoms with Gasteiger partial charge in [-0.05, 0) is 37.0 Å². The van der Waals surface area contributed by atoms with Crippen molar-refractivity contribution in [2.45, 2.75) is 19.3 Å². The molecule has 1 aromatic rings. The fourth-order valence-corrected chi connectivity index (χ4v) is 2.54. The summed E-state index contributed by atoms with van der Waals surface area (Å²) in [6.45, 7) is 0.883. The average molecular weight is 280 g/mol. The van der Waals surface area contributed by atoms with Crippen LogP contribution in [0.3, 0.4) is 0 Å². The number of halogens is 1. The van der Waals surface area contributed by atoms with Crippen molar-refractivity contribution in [2.24, 2.45) is 5.92 Å². The first kappa shape index (κ1) is 14.3. The van der Waals surface area contributed by atoms with Gasteiger partial charge in [-0.1, -0.05) is 0 Å². The van der Waals surface area contributed by atoms with Crippen molar-refractivity contribution in [3.05, 3.63) is 29.6 Å². The van der Waals surface area contributed by atoms with Crippen LogP contribution in [-0.4, -0.2) is 35.0 Å². The highest BCUT2D eigenvalue weighted by molar-refractivity contribution is 5.95. The molecule has 0 aromatic heterocycles. The number of aliphatic carboxylic acids is 1. The van der Waals surface area contributed by atoms with E-state index in [4.69, 9.17) is 10.8 Å². The molecule has 1 heterocycles. The molecule has 3 N–H and O–H groups in total. The molecule has 1 unspecified atom stereocenters. The third-order valence-corrected chi connectivity index (χ3v) is 3.49. The zero-order chi connectivity index (χ0) is 14.7. The number of piperidine rings is 1. The minimum atomic E-state index is -0.872. The monoisotopic (exact) mass is 280 g/mol. The Morgan fingerprint density at radius 2 is 2.20 bits per heavy atom. The summed E-state index contributed by atoms with van der Waals surface area (Å²) in [7, 11) is 0. The maximum atomic E-state index is 13.7. The van der Waals surface area contributed by atoms with Gasteiger partial charge in [0.15, 0.2) is 0 Å². The minimum Gasteiger partial charge on any atom is -0.481 e. The van der Waals surface area contributed by atoms with Gasteiger partial charge < -0.3 is 15.7 Å². The number of hydrogen-bond donors (Lipinski definition) is 2. The largest absolute Gasteiger partial charge is 0.481 e. The van der Waals surface area contributed by atoms with Crippen molar-refractivity contribution in [3.63, 3.8) is 0 Å². The molecule has 1 saturated heterocycles. The Bertz CT molecular complexity index is 533. The molecule has 0 aliphatic carbocycles. The van der Waals surface area contributed by atoms with Crippen molar-refractivity contribution in [2.75, 3.05) is 18.8 Å². The first-order valence-electron chi connectivity index (χ1n) is 6.53. The molecule has 1 aliphatic rings. The fourth-order valence-electron chi connectivity index (χ4n) is 2.54. The Kier molecular flexibility index (Phi) is 4.22. The number of carbonyl (C=O) groups excluding carboxylic acids is 1. The summed E-state index contributed by atoms with van der Waals surface area (Å²) >= 11 is 0. The maximum Gasteiger partial charge on any atom is 0.303 e. The number of likely N-dealkylation sites (tertiary alicyclic amines) is 1. The van der Waals surface area contributed by atoms with Crippen molar-refractivity contribution >= 4 is 17.6 Å². The molecular formula is C14H17FN2O3. The Labute approximate surface area is 116 Å². The SMILES string of the molecule is Nc1ccc(C(=O)N2CCCC(CC(=O)O)C2)c(F)c1. The highest BCUT2D eigenvalue weighted by atomic mass is 19.1. The van der Waals surface area contributed by atoms with Crippen LogP contribution in [0.5, 0.6) is 0 Å². The second-order valence-corrected chi connectivity index (χ2v) is 5.10. The van der Waals surface area contributed by atoms with Gasteiger partial charge in [0, 0.05) is 25.2 Å². The molecule has 2 rings (SSSR count). The second kappa shape index (κ2) is 5.90. The van der Waals surface area contributed by atoms with E-state index in [1.807, 2.05) is 0 Å². The van der Waals surface area contributed by atoms with E-state index < -0.39 is 17.7 Å². The standard InChI is InChI=1S/C14H17FN2O3/c15-12-7-10(16)3-4-11(12)14(20)17-5-1-2-9(8-17)6-13(18)19/h3-4,7,9H,1-2,5-6,8,16H2,(H,18,19). The smallest absolute Gasteiger partial charge is 0.303 e. The van der Waals surface area contributed by atoms with Crippen molar-refractivity contribution in [3.8, 4) is 0 Å². The summed E-state index contributed by atoms with van der Waals surface area (Å²) in [5.41, 5.74) is 5.70. The maximum absolute atomic E-state index is 13.7. The predicted molar refractivity (Wildman–Crippen MR) is 71.7 cm³/mol. The van der Waals surface area contributed by atoms with Crippen molar-refractivity contribution in [1.29, 1.82) is 0 Å². The normalized spacial score (nSPS) is 18.9. The Morgan fingerprint density at radius 1 is 1.45 bits per heavy atom. The van der Waals surface area contributed by atoms with E-state index in [1.165, 1.54) is 17.0 Å². The molecule has 0 bridgehead atoms. The van der Waals surface area contributed by atoms with Crippen molar-refractivity contribution in [1.82, 2.24) is 4.90 Å². The van der Waals surface area contributed by atoms with Gasteiger partial charge in [-0.25, -0.2) is 4.39 Å². The lowest BCUT2D eigenvalue weighted by Gasteiger charge is -2.32. The Hall–Kier alpha value is -2.11. The molecule has 1 atom stereocenters. The zero-order valence-electron chi connectivity index (χ0n) is 11.0. The number of carboxylic acid groups (broad SMARTS) is 1. The average Bonchev–Trinajstić information content (AvgIpc) is 2.37. The molecule has 108 valence electrons. The molecule has 6 heteroatoms. The lowest BCUT2D eigenvalue weighted by atomic mass is 9.94. The number of nitrogen functional groups attached to an aromatic ring is 1. The number of benzene rings is 1. The van der Waals surface area contributed by atoms with Gasteiger partial charge >= 0.3 is 5.97 Å². The van der Waals surface area contributed by atoms with Gasteiger partial charge in [0.1, 0.15) is 5.82 Å². The van der Waals surface area contributed by atoms with Crippen LogP contribution in [0.25, 0.3) is 0 Å². The van der Waals surface area contributed by atoms with E-state index in [1.54, 1.807) is 0 Å². The summed E-state index contributed by atoms with van der Waals surface area (Å²) in [5.74, 6) is -1.99. The number of nitrogens with zero attached hydrogens (tertiary/aromatic N) is 1. The second-order valence-electron chi connectivity index (χ2n) is 5.10. The number of amides is 1. The molecule has 5 nitrogen and oxygen atoms in total. The Morgan fingerprint density at radius 3 is 2.85 bits per heavy atom. The van der Waals surface area contributed by atoms with E-state index >= 15 is 0 Å². The van der Waals surface area contributed by atoms with E-state index in [0.717, 1.165) is 18.9 Å². The van der Waals surface area contributed by atoms with Crippen molar-refractivity contribution < 1.29 is 19.1 Å². The molecule has 1 aromatic carbocycles. The molecule has 1 amide bonds. The minimum absolute atomic E-state index is 0.0184. The van der Waals surface area contributed by atoms with E-state index in [0.29, 0.717) is 13.1 Å². The predicted octanol–water partition coefficient (Wildman–Crippen LogP) is 1.73. The highest BCUT2D eigenvalue weighted by Gasteiger charge is 2.27. The molecule has 0 radical (unpaired) electrons. The lowest BCUT2D eigenvalue weighted by molar-refractivity contribution is -0.138. The van der Waals surface area contributed by atoms with Crippen LogP contribution in [0.4, 0.5) is 10.1 Å². The van der Waals surface area contributed by atoms with E-state index in [9.17, 15) is 14.0 Å². The molecule has 0 saturated carbocycles. The zero-order valence-corrected chi connectivity index (χ0v) is 11.0. The summed E-state index contributed by atoms with van der Waals surface area (Å²) in [6, 6.07) is 3.97. The first-order chi connectivity index (χ1) is 9.47. The third-order valence-electron chi connectivity index (χ3n) is 3.49. The highest BCUT2D eigenvalue weighted by Crippen LogP contribution is 2.22. The molecule has 0 spiro atoms. The van der Waals surface area contributed by atoms with E-state index in [2.05, 4.69) is 0 Å². The van der Waals surface area contributed by atoms with Crippen LogP contribution in [0.2, 0.25) is 0 Å². The number of anilines is 1. The number of nitrogens with two attached hydrogens (primary N) is 1. The van der Waals surface area contributed by atoms with Crippen LogP contribution in [0.15, 0.2) is 18.2 Å². The number of hydrogen-bond acceptors (Lipinski definition) is 3. The molecule has 1 fully saturated rings. The Balaban J connectivity index is 2.10. The lowest BCUT2D eigenvalue weighted by Crippen LogP contribution is -2.40. The van der Waals surface area contributed by atoms with Crippen LogP contribution >= 0.6 is 0 Å². The number of carboxylic acids is 1. The van der Waals surface area contributed by atoms with Gasteiger partial charge in [-0.15, -0.1) is 0 Å². The molecular weight excluding hydrogens is 263 g/mol. The summed E-state index contributed by atoms with van der Waals surface area (Å²) in [6.07, 6.45) is 1.55. The fraction of sp³-hybridized carbons (Fsp3) is 0.429. The van der Waals surface area contributed by atoms with Crippen LogP contribution in [0, 0.1) is 11.7 Å². The van der Waals surface area contributed by atoms with Crippen LogP contribution < -0.4 is 5.73 Å². The van der Waals surface area contributed by atoms with E-state index in [-0.39, 0.29) is 23.6 Å². The van der Waals surface area contributed by atoms with Crippen LogP contribution in [0.1, 0.15) is 29.6 Å². The quantitative estimate of drug-likeness (QED) is 0.826. The van der Waals surface area contributed by atoms with Crippen LogP contribution in [-0.2, 0) is 4.79 Å². The van der Waals surface area contributed by atoms with Gasteiger partial charge in [0.05, 0.1) is 5.56 Å². The van der Waals surface area contributed by atoms with Gasteiger partial charge in [-0.3, -0.25) is 9.59 Å². The molecule has 1 aliphatic heterocycles. The topological polar surface area (TPSA) is 83.6 Å². The van der Waals surface area contributed by atoms with Gasteiger partial charge in [0.2, 0.25) is 0 Å². The third kappa shape index (κ3) is 3.26.